The molecule has 2 aromatic heterocycles. The maximum atomic E-state index is 12.8. The Morgan fingerprint density at radius 2 is 2.04 bits per heavy atom. The van der Waals surface area contributed by atoms with Gasteiger partial charge in [-0.05, 0) is 24.1 Å². The second kappa shape index (κ2) is 6.25. The Morgan fingerprint density at radius 3 is 2.65 bits per heavy atom. The average Bonchev–Trinajstić information content (AvgIpc) is 2.90. The summed E-state index contributed by atoms with van der Waals surface area (Å²) >= 11 is 4.93. The number of halogens is 1. The highest BCUT2D eigenvalue weighted by Gasteiger charge is 2.18. The highest BCUT2D eigenvalue weighted by atomic mass is 79.9. The van der Waals surface area contributed by atoms with Gasteiger partial charge in [0, 0.05) is 14.9 Å². The number of aryl methyl sites for hydroxylation is 1. The number of hydrogen-bond donors (Lipinski definition) is 1. The Kier molecular flexibility index (Phi) is 4.32. The van der Waals surface area contributed by atoms with Crippen molar-refractivity contribution in [1.82, 2.24) is 9.55 Å². The Hall–Kier alpha value is -1.99. The van der Waals surface area contributed by atoms with Gasteiger partial charge < -0.3 is 5.73 Å². The predicted octanol–water partition coefficient (Wildman–Crippen LogP) is 2.94. The Balaban J connectivity index is 2.32. The van der Waals surface area contributed by atoms with Crippen LogP contribution in [0.3, 0.4) is 0 Å². The number of carbonyl (C=O) groups excluding carboxylic acids is 1. The van der Waals surface area contributed by atoms with Crippen molar-refractivity contribution in [2.45, 2.75) is 19.9 Å². The first-order valence-corrected chi connectivity index (χ1v) is 8.67. The van der Waals surface area contributed by atoms with Crippen molar-refractivity contribution < 1.29 is 4.79 Å². The van der Waals surface area contributed by atoms with Crippen molar-refractivity contribution in [1.29, 1.82) is 0 Å². The molecule has 0 saturated carbocycles. The fourth-order valence-corrected chi connectivity index (χ4v) is 3.88. The number of hydrogen-bond acceptors (Lipinski definition) is 4. The standard InChI is InChI=1S/C16H14BrN3O2S/c1-2-11-13(9-3-5-10(17)6-4-9)14-15(23-11)19-8-20(16(14)22)7-12(18)21/h3-6,8H,2,7H2,1H3,(H2,18,21). The van der Waals surface area contributed by atoms with Crippen LogP contribution in [-0.2, 0) is 17.8 Å². The molecule has 3 rings (SSSR count). The third kappa shape index (κ3) is 2.94. The van der Waals surface area contributed by atoms with Crippen LogP contribution in [0.1, 0.15) is 11.8 Å². The molecule has 0 radical (unpaired) electrons. The maximum Gasteiger partial charge on any atom is 0.263 e. The van der Waals surface area contributed by atoms with Gasteiger partial charge in [-0.2, -0.15) is 0 Å². The second-order valence-corrected chi connectivity index (χ2v) is 7.08. The van der Waals surface area contributed by atoms with Crippen LogP contribution in [0.5, 0.6) is 0 Å². The van der Waals surface area contributed by atoms with Crippen LogP contribution in [0.25, 0.3) is 21.3 Å². The van der Waals surface area contributed by atoms with E-state index >= 15 is 0 Å². The van der Waals surface area contributed by atoms with Crippen LogP contribution in [0.2, 0.25) is 0 Å². The Bertz CT molecular complexity index is 944. The number of thiophene rings is 1. The van der Waals surface area contributed by atoms with Gasteiger partial charge in [0.15, 0.2) is 0 Å². The number of amides is 1. The van der Waals surface area contributed by atoms with E-state index in [4.69, 9.17) is 5.73 Å². The number of nitrogens with zero attached hydrogens (tertiary/aromatic N) is 2. The summed E-state index contributed by atoms with van der Waals surface area (Å²) in [4.78, 5) is 30.0. The Morgan fingerprint density at radius 1 is 1.35 bits per heavy atom. The highest BCUT2D eigenvalue weighted by molar-refractivity contribution is 9.10. The van der Waals surface area contributed by atoms with Gasteiger partial charge in [-0.15, -0.1) is 11.3 Å². The van der Waals surface area contributed by atoms with E-state index in [1.807, 2.05) is 24.3 Å². The normalized spacial score (nSPS) is 11.0. The van der Waals surface area contributed by atoms with Crippen LogP contribution in [0.15, 0.2) is 39.9 Å². The van der Waals surface area contributed by atoms with Crippen molar-refractivity contribution >= 4 is 43.4 Å². The van der Waals surface area contributed by atoms with Crippen molar-refractivity contribution in [2.75, 3.05) is 0 Å². The molecular weight excluding hydrogens is 378 g/mol. The smallest absolute Gasteiger partial charge is 0.263 e. The fraction of sp³-hybridized carbons (Fsp3) is 0.188. The lowest BCUT2D eigenvalue weighted by Gasteiger charge is -2.05. The first kappa shape index (κ1) is 15.9. The summed E-state index contributed by atoms with van der Waals surface area (Å²) in [5, 5.41) is 0.554. The molecule has 0 bridgehead atoms. The monoisotopic (exact) mass is 391 g/mol. The second-order valence-electron chi connectivity index (χ2n) is 5.08. The SMILES string of the molecule is CCc1sc2ncn(CC(N)=O)c(=O)c2c1-c1ccc(Br)cc1. The van der Waals surface area contributed by atoms with E-state index in [0.29, 0.717) is 10.2 Å². The van der Waals surface area contributed by atoms with E-state index < -0.39 is 5.91 Å². The molecule has 23 heavy (non-hydrogen) atoms. The number of rotatable bonds is 4. The molecule has 1 amide bonds. The van der Waals surface area contributed by atoms with Crippen LogP contribution in [0, 0.1) is 0 Å². The highest BCUT2D eigenvalue weighted by Crippen LogP contribution is 2.36. The molecule has 0 spiro atoms. The fourth-order valence-electron chi connectivity index (χ4n) is 2.52. The lowest BCUT2D eigenvalue weighted by Crippen LogP contribution is -2.28. The van der Waals surface area contributed by atoms with Gasteiger partial charge in [-0.3, -0.25) is 14.2 Å². The largest absolute Gasteiger partial charge is 0.368 e. The molecule has 2 heterocycles. The summed E-state index contributed by atoms with van der Waals surface area (Å²) in [5.41, 5.74) is 6.84. The molecule has 1 aromatic carbocycles. The van der Waals surface area contributed by atoms with E-state index in [1.165, 1.54) is 22.2 Å². The number of fused-ring (bicyclic) bond motifs is 1. The van der Waals surface area contributed by atoms with Crippen LogP contribution >= 0.6 is 27.3 Å². The predicted molar refractivity (Wildman–Crippen MR) is 95.6 cm³/mol. The summed E-state index contributed by atoms with van der Waals surface area (Å²) in [5.74, 6) is -0.565. The third-order valence-electron chi connectivity index (χ3n) is 3.53. The minimum atomic E-state index is -0.565. The van der Waals surface area contributed by atoms with E-state index in [0.717, 1.165) is 26.9 Å². The van der Waals surface area contributed by atoms with Gasteiger partial charge in [0.05, 0.1) is 11.7 Å². The molecular formula is C16H14BrN3O2S. The first-order chi connectivity index (χ1) is 11.0. The molecule has 0 atom stereocenters. The maximum absolute atomic E-state index is 12.8. The van der Waals surface area contributed by atoms with E-state index in [-0.39, 0.29) is 12.1 Å². The van der Waals surface area contributed by atoms with Gasteiger partial charge in [0.1, 0.15) is 11.4 Å². The van der Waals surface area contributed by atoms with E-state index in [2.05, 4.69) is 27.8 Å². The summed E-state index contributed by atoms with van der Waals surface area (Å²) in [6, 6.07) is 7.82. The third-order valence-corrected chi connectivity index (χ3v) is 5.30. The molecule has 7 heteroatoms. The average molecular weight is 392 g/mol. The summed E-state index contributed by atoms with van der Waals surface area (Å²) in [7, 11) is 0. The number of aromatic nitrogens is 2. The summed E-state index contributed by atoms with van der Waals surface area (Å²) < 4.78 is 2.24. The molecule has 0 unspecified atom stereocenters. The molecule has 3 aromatic rings. The van der Waals surface area contributed by atoms with Gasteiger partial charge in [-0.1, -0.05) is 35.0 Å². The summed E-state index contributed by atoms with van der Waals surface area (Å²) in [6.45, 7) is 1.88. The van der Waals surface area contributed by atoms with Crippen molar-refractivity contribution in [2.24, 2.45) is 5.73 Å². The van der Waals surface area contributed by atoms with Gasteiger partial charge >= 0.3 is 0 Å². The molecule has 0 aliphatic carbocycles. The van der Waals surface area contributed by atoms with E-state index in [9.17, 15) is 9.59 Å². The molecule has 5 nitrogen and oxygen atoms in total. The zero-order valence-electron chi connectivity index (χ0n) is 12.4. The molecule has 2 N–H and O–H groups in total. The van der Waals surface area contributed by atoms with Gasteiger partial charge in [0.2, 0.25) is 5.91 Å². The van der Waals surface area contributed by atoms with Crippen LogP contribution < -0.4 is 11.3 Å². The number of carbonyl (C=O) groups is 1. The number of benzene rings is 1. The molecule has 0 aliphatic heterocycles. The lowest BCUT2D eigenvalue weighted by atomic mass is 10.0. The minimum Gasteiger partial charge on any atom is -0.368 e. The van der Waals surface area contributed by atoms with Gasteiger partial charge in [0.25, 0.3) is 5.56 Å². The molecule has 118 valence electrons. The Labute approximate surface area is 144 Å². The topological polar surface area (TPSA) is 78.0 Å². The van der Waals surface area contributed by atoms with Gasteiger partial charge in [-0.25, -0.2) is 4.98 Å². The van der Waals surface area contributed by atoms with Crippen molar-refractivity contribution in [3.8, 4) is 11.1 Å². The van der Waals surface area contributed by atoms with Crippen molar-refractivity contribution in [3.63, 3.8) is 0 Å². The molecule has 0 fully saturated rings. The quantitative estimate of drug-likeness (QED) is 0.742. The minimum absolute atomic E-state index is 0.168. The first-order valence-electron chi connectivity index (χ1n) is 7.06. The molecule has 0 aliphatic rings. The van der Waals surface area contributed by atoms with Crippen LogP contribution in [-0.4, -0.2) is 15.5 Å². The lowest BCUT2D eigenvalue weighted by molar-refractivity contribution is -0.118. The number of primary amides is 1. The van der Waals surface area contributed by atoms with E-state index in [1.54, 1.807) is 0 Å². The van der Waals surface area contributed by atoms with Crippen LogP contribution in [0.4, 0.5) is 0 Å². The zero-order valence-corrected chi connectivity index (χ0v) is 14.8. The van der Waals surface area contributed by atoms with Crippen molar-refractivity contribution in [3.05, 3.63) is 50.3 Å². The number of nitrogens with two attached hydrogens (primary N) is 1. The zero-order chi connectivity index (χ0) is 16.6. The molecule has 0 saturated heterocycles. The summed E-state index contributed by atoms with van der Waals surface area (Å²) in [6.07, 6.45) is 2.19.